The number of anilines is 2. The van der Waals surface area contributed by atoms with E-state index >= 15 is 0 Å². The minimum Gasteiger partial charge on any atom is -0.395 e. The number of rotatable bonds is 5. The monoisotopic (exact) mass is 495 g/mol. The highest BCUT2D eigenvalue weighted by atomic mass is 35.5. The van der Waals surface area contributed by atoms with Crippen LogP contribution in [0.5, 0.6) is 0 Å². The lowest BCUT2D eigenvalue weighted by Gasteiger charge is -2.28. The van der Waals surface area contributed by atoms with E-state index in [1.807, 2.05) is 18.2 Å². The molecule has 0 spiro atoms. The molecule has 1 aromatic carbocycles. The molecule has 5 rings (SSSR count). The van der Waals surface area contributed by atoms with Crippen molar-refractivity contribution in [3.63, 3.8) is 0 Å². The molecule has 4 heterocycles. The predicted molar refractivity (Wildman–Crippen MR) is 134 cm³/mol. The number of nitrogens with zero attached hydrogens (tertiary/aromatic N) is 3. The number of carbonyl (C=O) groups excluding carboxylic acids is 1. The average molecular weight is 496 g/mol. The van der Waals surface area contributed by atoms with E-state index in [9.17, 15) is 9.59 Å². The molecule has 174 valence electrons. The van der Waals surface area contributed by atoms with Crippen molar-refractivity contribution in [3.05, 3.63) is 85.6 Å². The Morgan fingerprint density at radius 3 is 2.59 bits per heavy atom. The summed E-state index contributed by atoms with van der Waals surface area (Å²) in [6.45, 7) is 2.99. The highest BCUT2D eigenvalue weighted by Gasteiger charge is 2.24. The van der Waals surface area contributed by atoms with Crippen LogP contribution in [0, 0.1) is 0 Å². The van der Waals surface area contributed by atoms with Crippen molar-refractivity contribution in [2.24, 2.45) is 0 Å². The Kier molecular flexibility index (Phi) is 6.23. The van der Waals surface area contributed by atoms with Gasteiger partial charge in [-0.25, -0.2) is 0 Å². The summed E-state index contributed by atoms with van der Waals surface area (Å²) < 4.78 is 7.35. The van der Waals surface area contributed by atoms with E-state index < -0.39 is 0 Å². The van der Waals surface area contributed by atoms with Crippen molar-refractivity contribution in [2.45, 2.75) is 6.42 Å². The molecule has 3 aromatic heterocycles. The minimum absolute atomic E-state index is 0.276. The van der Waals surface area contributed by atoms with Crippen molar-refractivity contribution in [1.82, 2.24) is 14.8 Å². The second-order valence-electron chi connectivity index (χ2n) is 7.87. The number of H-pyrrole nitrogens is 1. The molecule has 34 heavy (non-hydrogen) atoms. The van der Waals surface area contributed by atoms with Crippen LogP contribution in [0.15, 0.2) is 59.5 Å². The molecule has 1 aliphatic heterocycles. The fourth-order valence-electron chi connectivity index (χ4n) is 3.98. The molecule has 0 radical (unpaired) electrons. The largest absolute Gasteiger partial charge is 0.395 e. The Bertz CT molecular complexity index is 1390. The van der Waals surface area contributed by atoms with Crippen molar-refractivity contribution >= 4 is 40.2 Å². The van der Waals surface area contributed by atoms with E-state index in [0.29, 0.717) is 46.5 Å². The Labute approximate surface area is 204 Å². The summed E-state index contributed by atoms with van der Waals surface area (Å²) in [6, 6.07) is 14.4. The number of aromatic nitrogens is 3. The number of benzene rings is 1. The Morgan fingerprint density at radius 1 is 1.15 bits per heavy atom. The number of thiophene rings is 1. The average Bonchev–Trinajstić information content (AvgIpc) is 3.42. The quantitative estimate of drug-likeness (QED) is 0.437. The molecule has 0 aliphatic carbocycles. The fraction of sp³-hybridized carbons (Fsp3) is 0.208. The lowest BCUT2D eigenvalue weighted by atomic mass is 10.1. The van der Waals surface area contributed by atoms with Crippen LogP contribution in [0.3, 0.4) is 0 Å². The summed E-state index contributed by atoms with van der Waals surface area (Å²) in [7, 11) is 0. The van der Waals surface area contributed by atoms with Crippen LogP contribution >= 0.6 is 22.9 Å². The number of hydrogen-bond donors (Lipinski definition) is 2. The van der Waals surface area contributed by atoms with Gasteiger partial charge in [0, 0.05) is 41.8 Å². The van der Waals surface area contributed by atoms with Crippen LogP contribution in [-0.2, 0) is 11.2 Å². The molecule has 0 bridgehead atoms. The number of ether oxygens (including phenoxy) is 1. The van der Waals surface area contributed by atoms with Crippen LogP contribution in [0.25, 0.3) is 11.3 Å². The smallest absolute Gasteiger partial charge is 0.278 e. The topological polar surface area (TPSA) is 106 Å². The van der Waals surface area contributed by atoms with Crippen LogP contribution < -0.4 is 16.2 Å². The molecule has 4 aromatic rings. The number of nitrogen functional groups attached to an aromatic ring is 1. The van der Waals surface area contributed by atoms with Crippen molar-refractivity contribution in [2.75, 3.05) is 36.9 Å². The molecule has 1 fully saturated rings. The van der Waals surface area contributed by atoms with Gasteiger partial charge < -0.3 is 20.4 Å². The molecular formula is C24H22ClN5O3S. The van der Waals surface area contributed by atoms with E-state index in [1.54, 1.807) is 30.3 Å². The minimum atomic E-state index is -0.327. The maximum Gasteiger partial charge on any atom is 0.278 e. The van der Waals surface area contributed by atoms with Crippen LogP contribution in [0.2, 0.25) is 4.34 Å². The Balaban J connectivity index is 1.53. The summed E-state index contributed by atoms with van der Waals surface area (Å²) in [5, 5.41) is 4.50. The van der Waals surface area contributed by atoms with Gasteiger partial charge in [-0.15, -0.1) is 11.3 Å². The Morgan fingerprint density at radius 2 is 1.91 bits per heavy atom. The lowest BCUT2D eigenvalue weighted by Crippen LogP contribution is -2.36. The number of aromatic amines is 1. The van der Waals surface area contributed by atoms with Gasteiger partial charge in [0.2, 0.25) is 0 Å². The first-order chi connectivity index (χ1) is 16.5. The highest BCUT2D eigenvalue weighted by molar-refractivity contribution is 7.16. The fourth-order valence-corrected chi connectivity index (χ4v) is 5.07. The highest BCUT2D eigenvalue weighted by Crippen LogP contribution is 2.31. The molecule has 0 atom stereocenters. The lowest BCUT2D eigenvalue weighted by molar-refractivity contribution is 0.0942. The van der Waals surface area contributed by atoms with E-state index in [2.05, 4.69) is 15.0 Å². The molecule has 0 saturated carbocycles. The number of nitrogens with one attached hydrogen (secondary N) is 1. The molecule has 1 aliphatic rings. The molecule has 3 N–H and O–H groups in total. The summed E-state index contributed by atoms with van der Waals surface area (Å²) in [6.07, 6.45) is 1.90. The zero-order chi connectivity index (χ0) is 23.7. The summed E-state index contributed by atoms with van der Waals surface area (Å²) in [5.41, 5.74) is 9.02. The summed E-state index contributed by atoms with van der Waals surface area (Å²) >= 11 is 7.51. The van der Waals surface area contributed by atoms with Gasteiger partial charge in [0.05, 0.1) is 34.5 Å². The Hall–Kier alpha value is -3.40. The van der Waals surface area contributed by atoms with Crippen LogP contribution in [-0.4, -0.2) is 47.0 Å². The molecule has 1 saturated heterocycles. The van der Waals surface area contributed by atoms with Crippen molar-refractivity contribution in [3.8, 4) is 11.3 Å². The molecular weight excluding hydrogens is 474 g/mol. The third-order valence-electron chi connectivity index (χ3n) is 5.75. The number of carbonyl (C=O) groups is 1. The number of hydrogen-bond acceptors (Lipinski definition) is 7. The van der Waals surface area contributed by atoms with Crippen LogP contribution in [0.1, 0.15) is 20.9 Å². The number of halogens is 1. The zero-order valence-corrected chi connectivity index (χ0v) is 19.7. The standard InChI is InChI=1S/C24H22ClN5O3S/c25-20-8-7-17(34-20)14-19-21(26)22(18-2-1-9-27-23(18)31)28-30(19)24(32)15-3-5-16(6-4-15)29-10-12-33-13-11-29/h1-9H,10-14,26H2,(H,27,31). The van der Waals surface area contributed by atoms with Gasteiger partial charge >= 0.3 is 0 Å². The number of morpholine rings is 1. The van der Waals surface area contributed by atoms with Gasteiger partial charge in [-0.1, -0.05) is 11.6 Å². The molecule has 8 nitrogen and oxygen atoms in total. The number of pyridine rings is 1. The third-order valence-corrected chi connectivity index (χ3v) is 6.98. The summed E-state index contributed by atoms with van der Waals surface area (Å²) in [5.74, 6) is -0.323. The zero-order valence-electron chi connectivity index (χ0n) is 18.2. The maximum absolute atomic E-state index is 13.5. The van der Waals surface area contributed by atoms with Gasteiger partial charge in [0.1, 0.15) is 5.69 Å². The van der Waals surface area contributed by atoms with Crippen LogP contribution in [0.4, 0.5) is 11.4 Å². The van der Waals surface area contributed by atoms with Crippen molar-refractivity contribution in [1.29, 1.82) is 0 Å². The summed E-state index contributed by atoms with van der Waals surface area (Å²) in [4.78, 5) is 31.7. The SMILES string of the molecule is Nc1c(-c2ccc[nH]c2=O)nn(C(=O)c2ccc(N3CCOCC3)cc2)c1Cc1ccc(Cl)s1. The normalized spacial score (nSPS) is 13.9. The van der Waals surface area contributed by atoms with E-state index in [-0.39, 0.29) is 17.2 Å². The van der Waals surface area contributed by atoms with E-state index in [4.69, 9.17) is 22.1 Å². The first-order valence-electron chi connectivity index (χ1n) is 10.8. The maximum atomic E-state index is 13.5. The van der Waals surface area contributed by atoms with E-state index in [1.165, 1.54) is 22.2 Å². The van der Waals surface area contributed by atoms with Gasteiger partial charge in [0.25, 0.3) is 11.5 Å². The second kappa shape index (κ2) is 9.46. The number of nitrogens with two attached hydrogens (primary N) is 1. The van der Waals surface area contributed by atoms with E-state index in [0.717, 1.165) is 23.7 Å². The third kappa shape index (κ3) is 4.37. The predicted octanol–water partition coefficient (Wildman–Crippen LogP) is 3.65. The van der Waals surface area contributed by atoms with Gasteiger partial charge in [-0.05, 0) is 48.5 Å². The first-order valence-corrected chi connectivity index (χ1v) is 12.0. The van der Waals surface area contributed by atoms with Gasteiger partial charge in [-0.2, -0.15) is 9.78 Å². The first kappa shape index (κ1) is 22.4. The molecule has 0 amide bonds. The molecule has 10 heteroatoms. The van der Waals surface area contributed by atoms with Gasteiger partial charge in [-0.3, -0.25) is 9.59 Å². The van der Waals surface area contributed by atoms with Gasteiger partial charge in [0.15, 0.2) is 0 Å². The second-order valence-corrected chi connectivity index (χ2v) is 9.67. The van der Waals surface area contributed by atoms with Crippen molar-refractivity contribution < 1.29 is 9.53 Å². The molecule has 0 unspecified atom stereocenters.